The summed E-state index contributed by atoms with van der Waals surface area (Å²) in [5, 5.41) is 10.5. The van der Waals surface area contributed by atoms with Crippen LogP contribution in [-0.2, 0) is 25.6 Å². The van der Waals surface area contributed by atoms with Crippen LogP contribution in [0.5, 0.6) is 0 Å². The molecule has 1 aromatic carbocycles. The molecule has 0 amide bonds. The van der Waals surface area contributed by atoms with Crippen molar-refractivity contribution >= 4 is 11.9 Å². The summed E-state index contributed by atoms with van der Waals surface area (Å²) >= 11 is 0. The van der Waals surface area contributed by atoms with Gasteiger partial charge in [-0.1, -0.05) is 30.3 Å². The van der Waals surface area contributed by atoms with E-state index < -0.39 is 29.6 Å². The van der Waals surface area contributed by atoms with Crippen LogP contribution in [0, 0.1) is 5.92 Å². The summed E-state index contributed by atoms with van der Waals surface area (Å²) in [4.78, 5) is 27.7. The fourth-order valence-electron chi connectivity index (χ4n) is 3.91. The number of benzene rings is 1. The number of carbonyl (C=O) groups excluding carboxylic acids is 2. The van der Waals surface area contributed by atoms with Gasteiger partial charge in [-0.15, -0.1) is 0 Å². The third kappa shape index (κ3) is 6.54. The number of rotatable bonds is 7. The Kier molecular flexibility index (Phi) is 7.83. The molecular formula is C23H35NO5. The van der Waals surface area contributed by atoms with Crippen LogP contribution in [0.3, 0.4) is 0 Å². The molecule has 162 valence electrons. The van der Waals surface area contributed by atoms with Crippen LogP contribution in [0.4, 0.5) is 0 Å². The minimum atomic E-state index is -0.895. The molecule has 0 bridgehead atoms. The van der Waals surface area contributed by atoms with Gasteiger partial charge < -0.3 is 14.6 Å². The van der Waals surface area contributed by atoms with Crippen molar-refractivity contribution in [1.82, 2.24) is 4.90 Å². The zero-order valence-corrected chi connectivity index (χ0v) is 18.4. The van der Waals surface area contributed by atoms with E-state index in [2.05, 4.69) is 0 Å². The smallest absolute Gasteiger partial charge is 0.323 e. The van der Waals surface area contributed by atoms with E-state index in [4.69, 9.17) is 9.47 Å². The highest BCUT2D eigenvalue weighted by Crippen LogP contribution is 2.34. The molecule has 1 N–H and O–H groups in total. The van der Waals surface area contributed by atoms with Gasteiger partial charge >= 0.3 is 11.9 Å². The molecule has 4 atom stereocenters. The van der Waals surface area contributed by atoms with E-state index in [0.717, 1.165) is 5.56 Å². The van der Waals surface area contributed by atoms with Gasteiger partial charge in [-0.3, -0.25) is 14.5 Å². The van der Waals surface area contributed by atoms with Gasteiger partial charge in [0.05, 0.1) is 18.1 Å². The first kappa shape index (κ1) is 23.4. The molecule has 0 saturated carbocycles. The second-order valence-electron chi connectivity index (χ2n) is 9.10. The average Bonchev–Trinajstić information content (AvgIpc) is 2.96. The molecule has 2 rings (SSSR count). The molecule has 1 heterocycles. The zero-order valence-electron chi connectivity index (χ0n) is 18.4. The van der Waals surface area contributed by atoms with E-state index in [-0.39, 0.29) is 18.1 Å². The Labute approximate surface area is 174 Å². The van der Waals surface area contributed by atoms with Crippen LogP contribution in [0.1, 0.15) is 59.9 Å². The molecule has 0 aromatic heterocycles. The summed E-state index contributed by atoms with van der Waals surface area (Å²) in [6, 6.07) is 9.05. The van der Waals surface area contributed by atoms with Crippen LogP contribution in [0.15, 0.2) is 30.3 Å². The number of nitrogens with zero attached hydrogens (tertiary/aromatic N) is 1. The molecule has 0 spiro atoms. The summed E-state index contributed by atoms with van der Waals surface area (Å²) in [5.74, 6) is -1.46. The Morgan fingerprint density at radius 2 is 1.76 bits per heavy atom. The normalized spacial score (nSPS) is 22.3. The van der Waals surface area contributed by atoms with Gasteiger partial charge in [0, 0.05) is 12.6 Å². The van der Waals surface area contributed by atoms with Crippen molar-refractivity contribution < 1.29 is 24.2 Å². The standard InChI is InChI=1S/C23H35NO5/c1-15(2)28-21(26)19-13-12-18(24(19)14-17-10-8-7-9-11-17)20(16(3)25)22(27)29-23(4,5)6/h7-11,15-16,18-20,25H,12-14H2,1-6H3/t16-,18-,19+,20-/m1/s1. The molecule has 6 nitrogen and oxygen atoms in total. The minimum Gasteiger partial charge on any atom is -0.462 e. The van der Waals surface area contributed by atoms with Gasteiger partial charge in [0.2, 0.25) is 0 Å². The van der Waals surface area contributed by atoms with Gasteiger partial charge in [-0.2, -0.15) is 0 Å². The van der Waals surface area contributed by atoms with Gasteiger partial charge in [0.1, 0.15) is 11.6 Å². The van der Waals surface area contributed by atoms with Gasteiger partial charge in [-0.25, -0.2) is 0 Å². The molecule has 0 radical (unpaired) electrons. The highest BCUT2D eigenvalue weighted by atomic mass is 16.6. The van der Waals surface area contributed by atoms with Crippen molar-refractivity contribution in [3.63, 3.8) is 0 Å². The quantitative estimate of drug-likeness (QED) is 0.702. The third-order valence-corrected chi connectivity index (χ3v) is 5.01. The summed E-state index contributed by atoms with van der Waals surface area (Å²) in [7, 11) is 0. The molecular weight excluding hydrogens is 370 g/mol. The SMILES string of the molecule is CC(C)OC(=O)[C@@H]1CC[C@H]([C@H](C(=O)OC(C)(C)C)[C@@H](C)O)N1Cc1ccccc1. The van der Waals surface area contributed by atoms with Crippen molar-refractivity contribution in [3.05, 3.63) is 35.9 Å². The lowest BCUT2D eigenvalue weighted by atomic mass is 9.92. The van der Waals surface area contributed by atoms with E-state index in [1.807, 2.05) is 69.9 Å². The van der Waals surface area contributed by atoms with Crippen LogP contribution in [0.2, 0.25) is 0 Å². The number of carbonyl (C=O) groups is 2. The number of aliphatic hydroxyl groups excluding tert-OH is 1. The number of hydrogen-bond acceptors (Lipinski definition) is 6. The number of ether oxygens (including phenoxy) is 2. The van der Waals surface area contributed by atoms with E-state index in [0.29, 0.717) is 19.4 Å². The van der Waals surface area contributed by atoms with Crippen LogP contribution >= 0.6 is 0 Å². The molecule has 0 unspecified atom stereocenters. The van der Waals surface area contributed by atoms with Crippen molar-refractivity contribution in [1.29, 1.82) is 0 Å². The number of aliphatic hydroxyl groups is 1. The van der Waals surface area contributed by atoms with Crippen molar-refractivity contribution in [3.8, 4) is 0 Å². The fourth-order valence-corrected chi connectivity index (χ4v) is 3.91. The minimum absolute atomic E-state index is 0.210. The highest BCUT2D eigenvalue weighted by Gasteiger charge is 2.47. The summed E-state index contributed by atoms with van der Waals surface area (Å²) in [6.07, 6.45) is 0.0840. The Balaban J connectivity index is 2.33. The van der Waals surface area contributed by atoms with Crippen LogP contribution < -0.4 is 0 Å². The van der Waals surface area contributed by atoms with Crippen molar-refractivity contribution in [2.75, 3.05) is 0 Å². The average molecular weight is 406 g/mol. The lowest BCUT2D eigenvalue weighted by Gasteiger charge is -2.36. The summed E-state index contributed by atoms with van der Waals surface area (Å²) in [6.45, 7) is 11.2. The Bertz CT molecular complexity index is 680. The number of likely N-dealkylation sites (tertiary alicyclic amines) is 1. The number of esters is 2. The maximum Gasteiger partial charge on any atom is 0.323 e. The monoisotopic (exact) mass is 405 g/mol. The molecule has 29 heavy (non-hydrogen) atoms. The van der Waals surface area contributed by atoms with Gasteiger partial charge in [-0.05, 0) is 59.9 Å². The van der Waals surface area contributed by atoms with Gasteiger partial charge in [0.25, 0.3) is 0 Å². The van der Waals surface area contributed by atoms with Crippen molar-refractivity contribution in [2.24, 2.45) is 5.92 Å². The summed E-state index contributed by atoms with van der Waals surface area (Å²) in [5.41, 5.74) is 0.388. The van der Waals surface area contributed by atoms with E-state index in [1.165, 1.54) is 0 Å². The maximum absolute atomic E-state index is 12.9. The highest BCUT2D eigenvalue weighted by molar-refractivity contribution is 5.78. The van der Waals surface area contributed by atoms with E-state index >= 15 is 0 Å². The van der Waals surface area contributed by atoms with E-state index in [1.54, 1.807) is 6.92 Å². The molecule has 1 aliphatic heterocycles. The third-order valence-electron chi connectivity index (χ3n) is 5.01. The maximum atomic E-state index is 12.9. The first-order chi connectivity index (χ1) is 13.5. The second-order valence-corrected chi connectivity index (χ2v) is 9.10. The molecule has 1 saturated heterocycles. The second kappa shape index (κ2) is 9.72. The van der Waals surface area contributed by atoms with Crippen LogP contribution in [-0.4, -0.2) is 51.8 Å². The lowest BCUT2D eigenvalue weighted by Crippen LogP contribution is -2.50. The largest absolute Gasteiger partial charge is 0.462 e. The Hall–Kier alpha value is -1.92. The molecule has 1 aliphatic rings. The fraction of sp³-hybridized carbons (Fsp3) is 0.652. The zero-order chi connectivity index (χ0) is 21.8. The first-order valence-electron chi connectivity index (χ1n) is 10.4. The van der Waals surface area contributed by atoms with Gasteiger partial charge in [0.15, 0.2) is 0 Å². The molecule has 6 heteroatoms. The Morgan fingerprint density at radius 3 is 2.28 bits per heavy atom. The topological polar surface area (TPSA) is 76.1 Å². The van der Waals surface area contributed by atoms with Crippen LogP contribution in [0.25, 0.3) is 0 Å². The predicted octanol–water partition coefficient (Wildman–Crippen LogP) is 3.31. The predicted molar refractivity (Wildman–Crippen MR) is 111 cm³/mol. The van der Waals surface area contributed by atoms with Crippen molar-refractivity contribution in [2.45, 2.75) is 90.8 Å². The molecule has 1 aromatic rings. The Morgan fingerprint density at radius 1 is 1.14 bits per heavy atom. The number of hydrogen-bond donors (Lipinski definition) is 1. The first-order valence-corrected chi connectivity index (χ1v) is 10.4. The van der Waals surface area contributed by atoms with E-state index in [9.17, 15) is 14.7 Å². The molecule has 1 fully saturated rings. The lowest BCUT2D eigenvalue weighted by molar-refractivity contribution is -0.169. The summed E-state index contributed by atoms with van der Waals surface area (Å²) < 4.78 is 11.1. The molecule has 0 aliphatic carbocycles.